The molecule has 3 heterocycles. The molecule has 1 aliphatic carbocycles. The molecule has 1 aliphatic heterocycles. The molecule has 0 radical (unpaired) electrons. The van der Waals surface area contributed by atoms with Crippen LogP contribution >= 0.6 is 11.3 Å². The fourth-order valence-electron chi connectivity index (χ4n) is 4.73. The number of nitrogens with one attached hydrogen (secondary N) is 1. The van der Waals surface area contributed by atoms with Crippen LogP contribution in [0.15, 0.2) is 29.1 Å². The molecule has 2 aliphatic rings. The zero-order valence-electron chi connectivity index (χ0n) is 18.9. The van der Waals surface area contributed by atoms with Gasteiger partial charge >= 0.3 is 0 Å². The van der Waals surface area contributed by atoms with E-state index in [2.05, 4.69) is 15.3 Å². The van der Waals surface area contributed by atoms with Crippen molar-refractivity contribution in [3.05, 3.63) is 51.4 Å². The summed E-state index contributed by atoms with van der Waals surface area (Å²) >= 11 is 1.44. The molecule has 0 bridgehead atoms. The van der Waals surface area contributed by atoms with Gasteiger partial charge in [0, 0.05) is 30.8 Å². The maximum Gasteiger partial charge on any atom is 0.278 e. The van der Waals surface area contributed by atoms with Crippen LogP contribution in [0, 0.1) is 5.92 Å². The Hall–Kier alpha value is -2.94. The molecule has 1 fully saturated rings. The Balaban J connectivity index is 1.29. The molecule has 5 rings (SSSR count). The van der Waals surface area contributed by atoms with E-state index in [4.69, 9.17) is 9.72 Å². The first kappa shape index (κ1) is 21.9. The van der Waals surface area contributed by atoms with E-state index < -0.39 is 0 Å². The zero-order valence-corrected chi connectivity index (χ0v) is 19.7. The zero-order chi connectivity index (χ0) is 22.8. The first-order valence-corrected chi connectivity index (χ1v) is 12.6. The average Bonchev–Trinajstić information content (AvgIpc) is 3.28. The molecule has 8 nitrogen and oxygen atoms in total. The Bertz CT molecular complexity index is 1220. The highest BCUT2D eigenvalue weighted by atomic mass is 32.1. The lowest BCUT2D eigenvalue weighted by Crippen LogP contribution is -2.43. The lowest BCUT2D eigenvalue weighted by Gasteiger charge is -2.31. The monoisotopic (exact) mass is 467 g/mol. The highest BCUT2D eigenvalue weighted by molar-refractivity contribution is 7.20. The minimum atomic E-state index is -0.122. The average molecular weight is 468 g/mol. The molecule has 3 aromatic rings. The molecule has 0 spiro atoms. The quantitative estimate of drug-likeness (QED) is 0.600. The lowest BCUT2D eigenvalue weighted by atomic mass is 9.97. The van der Waals surface area contributed by atoms with Gasteiger partial charge in [0.05, 0.1) is 18.2 Å². The number of hydrogen-bond acceptors (Lipinski definition) is 7. The van der Waals surface area contributed by atoms with Crippen molar-refractivity contribution in [2.45, 2.75) is 52.0 Å². The predicted molar refractivity (Wildman–Crippen MR) is 128 cm³/mol. The Kier molecular flexibility index (Phi) is 6.30. The van der Waals surface area contributed by atoms with Crippen molar-refractivity contribution in [3.63, 3.8) is 0 Å². The number of nitrogens with zero attached hydrogens (tertiary/aromatic N) is 4. The topological polar surface area (TPSA) is 88.8 Å². The SMILES string of the molecule is CCOc1ccccc1CNC(=O)[C@H]1CCCN(c2nn3c(=O)c4c(nc3s2)CCCC4)C1. The highest BCUT2D eigenvalue weighted by Gasteiger charge is 2.28. The number of hydrogen-bond donors (Lipinski definition) is 1. The van der Waals surface area contributed by atoms with Crippen LogP contribution in [0.5, 0.6) is 5.75 Å². The molecule has 2 aromatic heterocycles. The molecule has 1 saturated heterocycles. The van der Waals surface area contributed by atoms with Crippen LogP contribution in [0.2, 0.25) is 0 Å². The number of piperidine rings is 1. The van der Waals surface area contributed by atoms with Crippen molar-refractivity contribution in [2.24, 2.45) is 5.92 Å². The maximum atomic E-state index is 13.0. The Morgan fingerprint density at radius 2 is 2.09 bits per heavy atom. The smallest absolute Gasteiger partial charge is 0.278 e. The van der Waals surface area contributed by atoms with E-state index in [1.54, 1.807) is 0 Å². The molecule has 1 amide bonds. The van der Waals surface area contributed by atoms with Crippen LogP contribution < -0.4 is 20.5 Å². The van der Waals surface area contributed by atoms with Crippen molar-refractivity contribution in [1.29, 1.82) is 0 Å². The first-order chi connectivity index (χ1) is 16.1. The Morgan fingerprint density at radius 3 is 2.97 bits per heavy atom. The number of ether oxygens (including phenoxy) is 1. The number of fused-ring (bicyclic) bond motifs is 2. The summed E-state index contributed by atoms with van der Waals surface area (Å²) in [7, 11) is 0. The normalized spacial score (nSPS) is 18.2. The summed E-state index contributed by atoms with van der Waals surface area (Å²) in [6.45, 7) is 4.40. The van der Waals surface area contributed by atoms with Gasteiger partial charge < -0.3 is 15.0 Å². The van der Waals surface area contributed by atoms with Gasteiger partial charge in [0.15, 0.2) is 0 Å². The number of amides is 1. The van der Waals surface area contributed by atoms with Gasteiger partial charge in [-0.05, 0) is 51.5 Å². The number of aryl methyl sites for hydroxylation is 1. The summed E-state index contributed by atoms with van der Waals surface area (Å²) in [5.41, 5.74) is 2.70. The molecule has 174 valence electrons. The second-order valence-electron chi connectivity index (χ2n) is 8.67. The minimum Gasteiger partial charge on any atom is -0.494 e. The van der Waals surface area contributed by atoms with E-state index in [0.717, 1.165) is 72.8 Å². The maximum absolute atomic E-state index is 13.0. The molecule has 1 aromatic carbocycles. The summed E-state index contributed by atoms with van der Waals surface area (Å²) in [6.07, 6.45) is 5.52. The summed E-state index contributed by atoms with van der Waals surface area (Å²) in [6, 6.07) is 7.79. The van der Waals surface area contributed by atoms with Crippen molar-refractivity contribution in [2.75, 3.05) is 24.6 Å². The molecule has 1 atom stereocenters. The summed E-state index contributed by atoms with van der Waals surface area (Å²) in [5, 5.41) is 8.45. The van der Waals surface area contributed by atoms with E-state index in [1.807, 2.05) is 31.2 Å². The van der Waals surface area contributed by atoms with E-state index in [1.165, 1.54) is 15.9 Å². The van der Waals surface area contributed by atoms with Crippen LogP contribution in [0.1, 0.15) is 49.4 Å². The van der Waals surface area contributed by atoms with E-state index >= 15 is 0 Å². The first-order valence-electron chi connectivity index (χ1n) is 11.8. The molecule has 1 N–H and O–H groups in total. The summed E-state index contributed by atoms with van der Waals surface area (Å²) in [5.74, 6) is 0.724. The third-order valence-corrected chi connectivity index (χ3v) is 7.43. The number of carbonyl (C=O) groups excluding carboxylic acids is 1. The van der Waals surface area contributed by atoms with Crippen molar-refractivity contribution < 1.29 is 9.53 Å². The van der Waals surface area contributed by atoms with Crippen LogP contribution in [0.3, 0.4) is 0 Å². The van der Waals surface area contributed by atoms with Gasteiger partial charge in [0.2, 0.25) is 16.0 Å². The van der Waals surface area contributed by atoms with E-state index in [-0.39, 0.29) is 17.4 Å². The standard InChI is InChI=1S/C24H29N5O3S/c1-2-32-20-12-6-3-8-16(20)14-25-21(30)17-9-7-13-28(15-17)24-27-29-22(31)18-10-4-5-11-19(18)26-23(29)33-24/h3,6,8,12,17H,2,4-5,7,9-11,13-15H2,1H3,(H,25,30)/t17-/m0/s1. The number of para-hydroxylation sites is 1. The molecular weight excluding hydrogens is 438 g/mol. The van der Waals surface area contributed by atoms with Gasteiger partial charge in [-0.15, -0.1) is 5.10 Å². The fraction of sp³-hybridized carbons (Fsp3) is 0.500. The predicted octanol–water partition coefficient (Wildman–Crippen LogP) is 2.96. The van der Waals surface area contributed by atoms with E-state index in [0.29, 0.717) is 24.7 Å². The third-order valence-electron chi connectivity index (χ3n) is 6.46. The fourth-order valence-corrected chi connectivity index (χ4v) is 5.67. The van der Waals surface area contributed by atoms with Gasteiger partial charge in [-0.2, -0.15) is 4.52 Å². The van der Waals surface area contributed by atoms with Crippen LogP contribution in [0.4, 0.5) is 5.13 Å². The molecular formula is C24H29N5O3S. The van der Waals surface area contributed by atoms with Crippen LogP contribution in [-0.2, 0) is 24.2 Å². The van der Waals surface area contributed by atoms with Crippen molar-refractivity contribution >= 4 is 27.3 Å². The molecule has 0 unspecified atom stereocenters. The van der Waals surface area contributed by atoms with Crippen molar-refractivity contribution in [3.8, 4) is 5.75 Å². The van der Waals surface area contributed by atoms with Crippen molar-refractivity contribution in [1.82, 2.24) is 19.9 Å². The highest BCUT2D eigenvalue weighted by Crippen LogP contribution is 2.28. The lowest BCUT2D eigenvalue weighted by molar-refractivity contribution is -0.125. The number of rotatable bonds is 6. The Labute approximate surface area is 196 Å². The van der Waals surface area contributed by atoms with Gasteiger partial charge in [-0.3, -0.25) is 9.59 Å². The molecule has 9 heteroatoms. The molecule has 0 saturated carbocycles. The van der Waals surface area contributed by atoms with Gasteiger partial charge in [0.25, 0.3) is 5.56 Å². The number of benzene rings is 1. The third kappa shape index (κ3) is 4.46. The van der Waals surface area contributed by atoms with Gasteiger partial charge in [-0.25, -0.2) is 4.98 Å². The van der Waals surface area contributed by atoms with Gasteiger partial charge in [-0.1, -0.05) is 29.5 Å². The van der Waals surface area contributed by atoms with Crippen LogP contribution in [0.25, 0.3) is 4.96 Å². The second-order valence-corrected chi connectivity index (χ2v) is 9.61. The largest absolute Gasteiger partial charge is 0.494 e. The van der Waals surface area contributed by atoms with Crippen LogP contribution in [-0.4, -0.2) is 40.2 Å². The van der Waals surface area contributed by atoms with Gasteiger partial charge in [0.1, 0.15) is 5.75 Å². The summed E-state index contributed by atoms with van der Waals surface area (Å²) < 4.78 is 7.12. The number of anilines is 1. The Morgan fingerprint density at radius 1 is 1.24 bits per heavy atom. The van der Waals surface area contributed by atoms with E-state index in [9.17, 15) is 9.59 Å². The minimum absolute atomic E-state index is 0.0311. The second kappa shape index (κ2) is 9.51. The summed E-state index contributed by atoms with van der Waals surface area (Å²) in [4.78, 5) is 33.4. The number of carbonyl (C=O) groups is 1. The molecule has 33 heavy (non-hydrogen) atoms. The number of aromatic nitrogens is 3.